The van der Waals surface area contributed by atoms with Crippen LogP contribution in [0.5, 0.6) is 0 Å². The van der Waals surface area contributed by atoms with Crippen LogP contribution in [0.4, 0.5) is 13.2 Å². The quantitative estimate of drug-likeness (QED) is 0.414. The Bertz CT molecular complexity index is 681. The molecular formula is C15H21F3IN5. The second kappa shape index (κ2) is 9.09. The molecule has 2 N–H and O–H groups in total. The minimum atomic E-state index is -4.17. The van der Waals surface area contributed by atoms with Gasteiger partial charge in [0.2, 0.25) is 0 Å². The average Bonchev–Trinajstić information content (AvgIpc) is 2.89. The van der Waals surface area contributed by atoms with Crippen molar-refractivity contribution in [2.24, 2.45) is 4.99 Å². The third-order valence-corrected chi connectivity index (χ3v) is 3.33. The molecule has 0 saturated heterocycles. The van der Waals surface area contributed by atoms with E-state index in [-0.39, 0.29) is 30.5 Å². The zero-order chi connectivity index (χ0) is 16.9. The van der Waals surface area contributed by atoms with Crippen LogP contribution in [0.15, 0.2) is 29.5 Å². The molecule has 2 aromatic heterocycles. The van der Waals surface area contributed by atoms with Gasteiger partial charge in [-0.05, 0) is 18.6 Å². The van der Waals surface area contributed by atoms with Crippen molar-refractivity contribution in [3.63, 3.8) is 0 Å². The molecule has 2 aromatic rings. The molecule has 0 bridgehead atoms. The molecule has 0 radical (unpaired) electrons. The summed E-state index contributed by atoms with van der Waals surface area (Å²) in [6.45, 7) is 2.34. The van der Waals surface area contributed by atoms with E-state index in [1.807, 2.05) is 35.9 Å². The molecule has 9 heteroatoms. The molecule has 0 aliphatic carbocycles. The number of hydrogen-bond donors (Lipinski definition) is 2. The highest BCUT2D eigenvalue weighted by atomic mass is 127. The minimum absolute atomic E-state index is 0. The number of aliphatic imine (C=N–C) groups is 1. The molecule has 0 atom stereocenters. The Morgan fingerprint density at radius 3 is 2.62 bits per heavy atom. The Morgan fingerprint density at radius 1 is 1.29 bits per heavy atom. The fourth-order valence-corrected chi connectivity index (χ4v) is 2.18. The fraction of sp³-hybridized carbons (Fsp3) is 0.467. The number of hydrogen-bond acceptors (Lipinski definition) is 2. The van der Waals surface area contributed by atoms with Crippen molar-refractivity contribution in [1.82, 2.24) is 20.0 Å². The summed E-state index contributed by atoms with van der Waals surface area (Å²) in [5, 5.41) is 5.63. The van der Waals surface area contributed by atoms with Gasteiger partial charge >= 0.3 is 6.18 Å². The van der Waals surface area contributed by atoms with Gasteiger partial charge in [0.1, 0.15) is 5.65 Å². The first-order valence-corrected chi connectivity index (χ1v) is 7.33. The summed E-state index contributed by atoms with van der Waals surface area (Å²) in [4.78, 5) is 8.44. The molecule has 2 heterocycles. The number of fused-ring (bicyclic) bond motifs is 1. The van der Waals surface area contributed by atoms with Crippen molar-refractivity contribution in [1.29, 1.82) is 0 Å². The highest BCUT2D eigenvalue weighted by Crippen LogP contribution is 2.18. The van der Waals surface area contributed by atoms with Crippen LogP contribution in [0.3, 0.4) is 0 Å². The maximum atomic E-state index is 12.1. The normalized spacial score (nSPS) is 12.1. The first-order valence-electron chi connectivity index (χ1n) is 7.33. The Balaban J connectivity index is 0.00000288. The molecule has 24 heavy (non-hydrogen) atoms. The number of nitrogens with one attached hydrogen (secondary N) is 2. The van der Waals surface area contributed by atoms with Gasteiger partial charge in [0, 0.05) is 39.0 Å². The summed E-state index contributed by atoms with van der Waals surface area (Å²) in [7, 11) is 1.52. The van der Waals surface area contributed by atoms with Gasteiger partial charge in [-0.2, -0.15) is 13.2 Å². The van der Waals surface area contributed by atoms with Gasteiger partial charge in [0.05, 0.1) is 12.1 Å². The third kappa shape index (κ3) is 6.17. The van der Waals surface area contributed by atoms with Crippen LogP contribution in [0, 0.1) is 6.92 Å². The van der Waals surface area contributed by atoms with Gasteiger partial charge in [-0.15, -0.1) is 24.0 Å². The number of nitrogens with zero attached hydrogens (tertiary/aromatic N) is 3. The maximum absolute atomic E-state index is 12.1. The van der Waals surface area contributed by atoms with Crippen LogP contribution >= 0.6 is 24.0 Å². The van der Waals surface area contributed by atoms with E-state index >= 15 is 0 Å². The summed E-state index contributed by atoms with van der Waals surface area (Å²) in [6.07, 6.45) is -0.519. The number of halogens is 4. The zero-order valence-electron chi connectivity index (χ0n) is 13.5. The van der Waals surface area contributed by atoms with Gasteiger partial charge in [0.25, 0.3) is 0 Å². The van der Waals surface area contributed by atoms with Crippen LogP contribution < -0.4 is 10.6 Å². The number of aryl methyl sites for hydroxylation is 1. The van der Waals surface area contributed by atoms with E-state index in [0.29, 0.717) is 18.9 Å². The Hall–Kier alpha value is -1.52. The summed E-state index contributed by atoms with van der Waals surface area (Å²) < 4.78 is 38.3. The first kappa shape index (κ1) is 20.5. The molecule has 0 aromatic carbocycles. The lowest BCUT2D eigenvalue weighted by Gasteiger charge is -2.12. The van der Waals surface area contributed by atoms with Crippen molar-refractivity contribution in [2.45, 2.75) is 25.9 Å². The van der Waals surface area contributed by atoms with Crippen LogP contribution in [0.1, 0.15) is 17.7 Å². The molecular weight excluding hydrogens is 434 g/mol. The highest BCUT2D eigenvalue weighted by Gasteiger charge is 2.26. The molecule has 0 aliphatic heterocycles. The number of alkyl halides is 3. The molecule has 0 unspecified atom stereocenters. The summed E-state index contributed by atoms with van der Waals surface area (Å²) in [5.41, 5.74) is 2.92. The van der Waals surface area contributed by atoms with Crippen LogP contribution in [-0.4, -0.2) is 41.7 Å². The van der Waals surface area contributed by atoms with E-state index < -0.39 is 12.6 Å². The zero-order valence-corrected chi connectivity index (χ0v) is 15.9. The van der Waals surface area contributed by atoms with Crippen LogP contribution in [0.2, 0.25) is 0 Å². The third-order valence-electron chi connectivity index (χ3n) is 3.33. The van der Waals surface area contributed by atoms with Gasteiger partial charge in [0.15, 0.2) is 5.96 Å². The van der Waals surface area contributed by atoms with E-state index in [1.165, 1.54) is 7.05 Å². The summed E-state index contributed by atoms with van der Waals surface area (Å²) >= 11 is 0. The van der Waals surface area contributed by atoms with Crippen molar-refractivity contribution in [2.75, 3.05) is 20.1 Å². The summed E-state index contributed by atoms with van der Waals surface area (Å²) in [6, 6.07) is 3.95. The predicted molar refractivity (Wildman–Crippen MR) is 99.1 cm³/mol. The van der Waals surface area contributed by atoms with Crippen molar-refractivity contribution >= 4 is 35.6 Å². The number of imidazole rings is 1. The van der Waals surface area contributed by atoms with E-state index in [9.17, 15) is 13.2 Å². The van der Waals surface area contributed by atoms with Crippen LogP contribution in [0.25, 0.3) is 5.65 Å². The van der Waals surface area contributed by atoms with Crippen molar-refractivity contribution < 1.29 is 13.2 Å². The van der Waals surface area contributed by atoms with Gasteiger partial charge < -0.3 is 15.0 Å². The molecule has 0 amide bonds. The Labute approximate surface area is 155 Å². The van der Waals surface area contributed by atoms with Crippen molar-refractivity contribution in [3.05, 3.63) is 35.8 Å². The second-order valence-electron chi connectivity index (χ2n) is 5.20. The SMILES string of the molecule is CN=C(NCCc1cn2cccc(C)c2n1)NCCC(F)(F)F.I. The standard InChI is InChI=1S/C15H20F3N5.HI/c1-11-4-3-9-23-10-12(22-13(11)23)5-7-20-14(19-2)21-8-6-15(16,17)18;/h3-4,9-10H,5-8H2,1-2H3,(H2,19,20,21);1H. The van der Waals surface area contributed by atoms with Crippen molar-refractivity contribution in [3.8, 4) is 0 Å². The van der Waals surface area contributed by atoms with E-state index in [1.54, 1.807) is 0 Å². The second-order valence-corrected chi connectivity index (χ2v) is 5.20. The number of aromatic nitrogens is 2. The van der Waals surface area contributed by atoms with Gasteiger partial charge in [-0.25, -0.2) is 4.98 Å². The molecule has 0 saturated carbocycles. The first-order chi connectivity index (χ1) is 10.9. The Morgan fingerprint density at radius 2 is 2.00 bits per heavy atom. The monoisotopic (exact) mass is 455 g/mol. The Kier molecular flexibility index (Phi) is 7.77. The number of guanidine groups is 1. The smallest absolute Gasteiger partial charge is 0.356 e. The largest absolute Gasteiger partial charge is 0.390 e. The number of pyridine rings is 1. The molecule has 2 rings (SSSR count). The van der Waals surface area contributed by atoms with Gasteiger partial charge in [-0.1, -0.05) is 6.07 Å². The molecule has 0 fully saturated rings. The summed E-state index contributed by atoms with van der Waals surface area (Å²) in [5.74, 6) is 0.356. The lowest BCUT2D eigenvalue weighted by atomic mass is 10.3. The average molecular weight is 455 g/mol. The molecule has 0 spiro atoms. The topological polar surface area (TPSA) is 53.7 Å². The lowest BCUT2D eigenvalue weighted by Crippen LogP contribution is -2.39. The van der Waals surface area contributed by atoms with E-state index in [2.05, 4.69) is 20.6 Å². The van der Waals surface area contributed by atoms with E-state index in [4.69, 9.17) is 0 Å². The predicted octanol–water partition coefficient (Wildman–Crippen LogP) is 2.92. The maximum Gasteiger partial charge on any atom is 0.390 e. The molecule has 134 valence electrons. The highest BCUT2D eigenvalue weighted by molar-refractivity contribution is 14.0. The number of rotatable bonds is 5. The van der Waals surface area contributed by atoms with E-state index in [0.717, 1.165) is 16.9 Å². The molecule has 5 nitrogen and oxygen atoms in total. The van der Waals surface area contributed by atoms with Gasteiger partial charge in [-0.3, -0.25) is 4.99 Å². The molecule has 0 aliphatic rings. The minimum Gasteiger partial charge on any atom is -0.356 e. The lowest BCUT2D eigenvalue weighted by molar-refractivity contribution is -0.132. The van der Waals surface area contributed by atoms with Crippen LogP contribution in [-0.2, 0) is 6.42 Å². The fourth-order valence-electron chi connectivity index (χ4n) is 2.18.